The molecule has 2 fully saturated rings. The van der Waals surface area contributed by atoms with Crippen molar-refractivity contribution in [2.45, 2.75) is 75.5 Å². The lowest BCUT2D eigenvalue weighted by Crippen LogP contribution is -2.48. The molecular weight excluding hydrogens is 459 g/mol. The molecule has 2 aromatic rings. The van der Waals surface area contributed by atoms with Crippen molar-refractivity contribution in [2.75, 3.05) is 18.5 Å². The zero-order chi connectivity index (χ0) is 24.1. The van der Waals surface area contributed by atoms with Crippen LogP contribution >= 0.6 is 11.6 Å². The van der Waals surface area contributed by atoms with Crippen LogP contribution in [0, 0.1) is 5.82 Å². The number of halogens is 2. The molecule has 7 nitrogen and oxygen atoms in total. The van der Waals surface area contributed by atoms with Gasteiger partial charge < -0.3 is 20.3 Å². The molecule has 5 rings (SSSR count). The van der Waals surface area contributed by atoms with E-state index in [4.69, 9.17) is 16.3 Å². The molecule has 1 aromatic carbocycles. The largest absolute Gasteiger partial charge is 0.389 e. The van der Waals surface area contributed by atoms with Gasteiger partial charge in [-0.1, -0.05) is 44.7 Å². The fraction of sp³-hybridized carbons (Fsp3) is 0.560. The summed E-state index contributed by atoms with van der Waals surface area (Å²) in [5.41, 5.74) is 0.877. The number of hydrogen-bond donors (Lipinski definition) is 3. The number of aliphatic hydroxyl groups is 2. The molecule has 2 atom stereocenters. The summed E-state index contributed by atoms with van der Waals surface area (Å²) in [6, 6.07) is 3.00. The normalized spacial score (nSPS) is 25.5. The second-order valence-corrected chi connectivity index (χ2v) is 10.5. The Labute approximate surface area is 203 Å². The molecule has 0 spiro atoms. The summed E-state index contributed by atoms with van der Waals surface area (Å²) in [6.45, 7) is 4.75. The van der Waals surface area contributed by atoms with Crippen molar-refractivity contribution >= 4 is 28.9 Å². The minimum absolute atomic E-state index is 0.245. The molecule has 3 heterocycles. The highest BCUT2D eigenvalue weighted by atomic mass is 35.5. The minimum Gasteiger partial charge on any atom is -0.389 e. The molecule has 9 heteroatoms. The number of nitrogens with zero attached hydrogens (tertiary/aromatic N) is 3. The van der Waals surface area contributed by atoms with Crippen LogP contribution in [0.4, 0.5) is 16.0 Å². The van der Waals surface area contributed by atoms with Gasteiger partial charge in [0.05, 0.1) is 41.4 Å². The fourth-order valence-corrected chi connectivity index (χ4v) is 5.66. The Balaban J connectivity index is 1.49. The second kappa shape index (κ2) is 8.82. The van der Waals surface area contributed by atoms with Gasteiger partial charge in [-0.3, -0.25) is 4.99 Å². The first-order valence-corrected chi connectivity index (χ1v) is 12.3. The quantitative estimate of drug-likeness (QED) is 0.583. The molecule has 3 N–H and O–H groups in total. The van der Waals surface area contributed by atoms with E-state index in [2.05, 4.69) is 20.3 Å². The monoisotopic (exact) mass is 488 g/mol. The van der Waals surface area contributed by atoms with Gasteiger partial charge in [0.25, 0.3) is 0 Å². The Hall–Kier alpha value is -2.13. The molecule has 1 saturated carbocycles. The van der Waals surface area contributed by atoms with Crippen molar-refractivity contribution < 1.29 is 19.3 Å². The third kappa shape index (κ3) is 4.11. The standard InChI is InChI=1S/C25H30ClFN4O3/c1-24(2)15-10-14(11-17(27)21(15)30-22(24)25(33)7-4-3-5-8-25)20-16(26)12-28-23(31-20)29-18-6-9-34-13-19(18)32/h10-12,18-19,32-33H,3-9,13H2,1-2H3,(H,28,29,31)/t18-,19-/m1/s1. The first-order chi connectivity index (χ1) is 16.2. The van der Waals surface area contributed by atoms with Crippen LogP contribution in [-0.4, -0.2) is 56.9 Å². The van der Waals surface area contributed by atoms with Gasteiger partial charge in [0.15, 0.2) is 0 Å². The number of benzene rings is 1. The van der Waals surface area contributed by atoms with E-state index < -0.39 is 22.9 Å². The van der Waals surface area contributed by atoms with Crippen LogP contribution in [0.2, 0.25) is 5.02 Å². The van der Waals surface area contributed by atoms with Gasteiger partial charge in [-0.25, -0.2) is 14.4 Å². The van der Waals surface area contributed by atoms with Crippen LogP contribution < -0.4 is 5.32 Å². The van der Waals surface area contributed by atoms with Crippen LogP contribution in [0.25, 0.3) is 11.3 Å². The molecule has 182 valence electrons. The van der Waals surface area contributed by atoms with Gasteiger partial charge >= 0.3 is 0 Å². The van der Waals surface area contributed by atoms with Crippen molar-refractivity contribution in [1.29, 1.82) is 0 Å². The third-order valence-electron chi connectivity index (χ3n) is 7.33. The lowest BCUT2D eigenvalue weighted by atomic mass is 9.69. The van der Waals surface area contributed by atoms with Crippen molar-refractivity contribution in [3.8, 4) is 11.3 Å². The number of hydrogen-bond acceptors (Lipinski definition) is 7. The predicted octanol–water partition coefficient (Wildman–Crippen LogP) is 4.56. The first-order valence-electron chi connectivity index (χ1n) is 11.9. The Bertz CT molecular complexity index is 1130. The summed E-state index contributed by atoms with van der Waals surface area (Å²) in [5, 5.41) is 25.0. The van der Waals surface area contributed by atoms with E-state index >= 15 is 4.39 Å². The molecule has 0 radical (unpaired) electrons. The van der Waals surface area contributed by atoms with Gasteiger partial charge in [-0.2, -0.15) is 0 Å². The summed E-state index contributed by atoms with van der Waals surface area (Å²) in [4.78, 5) is 13.4. The van der Waals surface area contributed by atoms with E-state index in [1.54, 1.807) is 0 Å². The Morgan fingerprint density at radius 1 is 1.21 bits per heavy atom. The molecular formula is C25H30ClFN4O3. The summed E-state index contributed by atoms with van der Waals surface area (Å²) >= 11 is 6.44. The molecule has 1 aromatic heterocycles. The zero-order valence-corrected chi connectivity index (χ0v) is 20.2. The van der Waals surface area contributed by atoms with E-state index in [9.17, 15) is 10.2 Å². The number of aliphatic hydroxyl groups excluding tert-OH is 1. The van der Waals surface area contributed by atoms with E-state index in [0.29, 0.717) is 59.4 Å². The van der Waals surface area contributed by atoms with E-state index in [-0.39, 0.29) is 18.3 Å². The third-order valence-corrected chi connectivity index (χ3v) is 7.61. The summed E-state index contributed by atoms with van der Waals surface area (Å²) in [7, 11) is 0. The van der Waals surface area contributed by atoms with Crippen LogP contribution in [0.5, 0.6) is 0 Å². The van der Waals surface area contributed by atoms with Gasteiger partial charge in [-0.15, -0.1) is 0 Å². The summed E-state index contributed by atoms with van der Waals surface area (Å²) in [5.74, 6) is -0.169. The number of fused-ring (bicyclic) bond motifs is 1. The Kier molecular flexibility index (Phi) is 6.13. The maximum Gasteiger partial charge on any atom is 0.223 e. The maximum absolute atomic E-state index is 15.4. The van der Waals surface area contributed by atoms with E-state index in [1.165, 1.54) is 12.3 Å². The summed E-state index contributed by atoms with van der Waals surface area (Å²) in [6.07, 6.45) is 5.66. The lowest BCUT2D eigenvalue weighted by molar-refractivity contribution is -0.0136. The predicted molar refractivity (Wildman–Crippen MR) is 129 cm³/mol. The number of anilines is 1. The van der Waals surface area contributed by atoms with Gasteiger partial charge in [-0.05, 0) is 37.0 Å². The van der Waals surface area contributed by atoms with Crippen molar-refractivity contribution in [2.24, 2.45) is 4.99 Å². The number of rotatable bonds is 4. The van der Waals surface area contributed by atoms with Crippen molar-refractivity contribution in [1.82, 2.24) is 9.97 Å². The van der Waals surface area contributed by atoms with Crippen LogP contribution in [0.3, 0.4) is 0 Å². The molecule has 2 aliphatic heterocycles. The number of nitrogens with one attached hydrogen (secondary N) is 1. The van der Waals surface area contributed by atoms with Crippen LogP contribution in [-0.2, 0) is 10.2 Å². The summed E-state index contributed by atoms with van der Waals surface area (Å²) < 4.78 is 20.6. The average Bonchev–Trinajstić information content (AvgIpc) is 3.09. The number of aliphatic imine (C=N–C) groups is 1. The molecule has 0 unspecified atom stereocenters. The SMILES string of the molecule is CC1(C)C(C2(O)CCCCC2)=Nc2c(F)cc(-c3nc(N[C@@H]4CCOC[C@H]4O)ncc3Cl)cc21. The van der Waals surface area contributed by atoms with Crippen molar-refractivity contribution in [3.63, 3.8) is 0 Å². The van der Waals surface area contributed by atoms with E-state index in [1.807, 2.05) is 19.9 Å². The fourth-order valence-electron chi connectivity index (χ4n) is 5.46. The Morgan fingerprint density at radius 3 is 2.71 bits per heavy atom. The Morgan fingerprint density at radius 2 is 1.97 bits per heavy atom. The molecule has 0 amide bonds. The van der Waals surface area contributed by atoms with E-state index in [0.717, 1.165) is 19.3 Å². The van der Waals surface area contributed by atoms with Gasteiger partial charge in [0.2, 0.25) is 5.95 Å². The maximum atomic E-state index is 15.4. The molecule has 3 aliphatic rings. The smallest absolute Gasteiger partial charge is 0.223 e. The molecule has 1 aliphatic carbocycles. The first kappa shape index (κ1) is 23.6. The van der Waals surface area contributed by atoms with Crippen LogP contribution in [0.1, 0.15) is 57.9 Å². The van der Waals surface area contributed by atoms with Crippen molar-refractivity contribution in [3.05, 3.63) is 34.7 Å². The molecule has 1 saturated heterocycles. The zero-order valence-electron chi connectivity index (χ0n) is 19.4. The second-order valence-electron chi connectivity index (χ2n) is 10.1. The lowest BCUT2D eigenvalue weighted by Gasteiger charge is -2.38. The minimum atomic E-state index is -1.01. The van der Waals surface area contributed by atoms with Gasteiger partial charge in [0.1, 0.15) is 17.1 Å². The highest BCUT2D eigenvalue weighted by molar-refractivity contribution is 6.33. The number of ether oxygens (including phenoxy) is 1. The number of aromatic nitrogens is 2. The highest BCUT2D eigenvalue weighted by Gasteiger charge is 2.48. The average molecular weight is 489 g/mol. The van der Waals surface area contributed by atoms with Gasteiger partial charge in [0, 0.05) is 17.6 Å². The molecule has 34 heavy (non-hydrogen) atoms. The van der Waals surface area contributed by atoms with Crippen LogP contribution in [0.15, 0.2) is 23.3 Å². The highest BCUT2D eigenvalue weighted by Crippen LogP contribution is 2.48. The topological polar surface area (TPSA) is 99.9 Å². The molecule has 0 bridgehead atoms.